The summed E-state index contributed by atoms with van der Waals surface area (Å²) in [6, 6.07) is 4.94. The lowest BCUT2D eigenvalue weighted by Gasteiger charge is -2.12. The summed E-state index contributed by atoms with van der Waals surface area (Å²) in [5.41, 5.74) is 1.16. The molecule has 0 spiro atoms. The Hall–Kier alpha value is -1.29. The van der Waals surface area contributed by atoms with Gasteiger partial charge in [0.05, 0.1) is 0 Å². The van der Waals surface area contributed by atoms with Gasteiger partial charge < -0.3 is 15.2 Å². The Bertz CT molecular complexity index is 380. The zero-order valence-corrected chi connectivity index (χ0v) is 10.6. The van der Waals surface area contributed by atoms with Crippen LogP contribution in [-0.4, -0.2) is 22.6 Å². The van der Waals surface area contributed by atoms with E-state index in [1.807, 2.05) is 16.8 Å². The zero-order chi connectivity index (χ0) is 12.3. The first-order valence-electron chi connectivity index (χ1n) is 6.32. The Kier molecular flexibility index (Phi) is 3.84. The summed E-state index contributed by atoms with van der Waals surface area (Å²) < 4.78 is 2.01. The Morgan fingerprint density at radius 3 is 2.94 bits per heavy atom. The fraction of sp³-hybridized carbons (Fsp3) is 0.615. The van der Waals surface area contributed by atoms with Gasteiger partial charge in [0, 0.05) is 30.5 Å². The van der Waals surface area contributed by atoms with Gasteiger partial charge in [0.25, 0.3) is 0 Å². The lowest BCUT2D eigenvalue weighted by Crippen LogP contribution is -2.30. The maximum absolute atomic E-state index is 11.7. The van der Waals surface area contributed by atoms with Crippen LogP contribution in [0.5, 0.6) is 0 Å². The summed E-state index contributed by atoms with van der Waals surface area (Å²) in [6.45, 7) is 5.47. The van der Waals surface area contributed by atoms with E-state index in [1.165, 1.54) is 0 Å². The molecule has 1 aromatic heterocycles. The standard InChI is InChI=1S/C13H21N3O/c1-10(2)14-8-12-4-3-7-16(12)9-13(17)15-11-5-6-11/h3-4,7,10-11,14H,5-6,8-9H2,1-2H3,(H,15,17). The summed E-state index contributed by atoms with van der Waals surface area (Å²) in [4.78, 5) is 11.7. The SMILES string of the molecule is CC(C)NCc1cccn1CC(=O)NC1CC1. The van der Waals surface area contributed by atoms with Gasteiger partial charge in [0.1, 0.15) is 6.54 Å². The number of carbonyl (C=O) groups is 1. The van der Waals surface area contributed by atoms with Gasteiger partial charge in [-0.1, -0.05) is 13.8 Å². The quantitative estimate of drug-likeness (QED) is 0.780. The number of amides is 1. The summed E-state index contributed by atoms with van der Waals surface area (Å²) in [6.07, 6.45) is 4.24. The molecule has 1 aliphatic rings. The second kappa shape index (κ2) is 5.36. The summed E-state index contributed by atoms with van der Waals surface area (Å²) in [5, 5.41) is 6.37. The van der Waals surface area contributed by atoms with Crippen molar-refractivity contribution in [3.63, 3.8) is 0 Å². The van der Waals surface area contributed by atoms with Crippen molar-refractivity contribution in [3.8, 4) is 0 Å². The topological polar surface area (TPSA) is 46.1 Å². The van der Waals surface area contributed by atoms with Crippen molar-refractivity contribution in [1.29, 1.82) is 0 Å². The van der Waals surface area contributed by atoms with Crippen molar-refractivity contribution < 1.29 is 4.79 Å². The highest BCUT2D eigenvalue weighted by atomic mass is 16.2. The van der Waals surface area contributed by atoms with E-state index < -0.39 is 0 Å². The van der Waals surface area contributed by atoms with Gasteiger partial charge in [-0.2, -0.15) is 0 Å². The van der Waals surface area contributed by atoms with Crippen LogP contribution in [0, 0.1) is 0 Å². The Morgan fingerprint density at radius 1 is 1.53 bits per heavy atom. The van der Waals surface area contributed by atoms with E-state index in [4.69, 9.17) is 0 Å². The fourth-order valence-electron chi connectivity index (χ4n) is 1.73. The summed E-state index contributed by atoms with van der Waals surface area (Å²) >= 11 is 0. The molecule has 0 unspecified atom stereocenters. The van der Waals surface area contributed by atoms with Crippen LogP contribution in [0.4, 0.5) is 0 Å². The maximum atomic E-state index is 11.7. The normalized spacial score (nSPS) is 15.2. The molecule has 1 amide bonds. The molecule has 0 aliphatic heterocycles. The van der Waals surface area contributed by atoms with Crippen molar-refractivity contribution in [2.45, 2.75) is 51.9 Å². The molecular weight excluding hydrogens is 214 g/mol. The maximum Gasteiger partial charge on any atom is 0.240 e. The van der Waals surface area contributed by atoms with E-state index in [0.29, 0.717) is 18.6 Å². The van der Waals surface area contributed by atoms with Gasteiger partial charge >= 0.3 is 0 Å². The number of nitrogens with one attached hydrogen (secondary N) is 2. The third-order valence-corrected chi connectivity index (χ3v) is 2.87. The van der Waals surface area contributed by atoms with Gasteiger partial charge in [-0.3, -0.25) is 4.79 Å². The van der Waals surface area contributed by atoms with Crippen molar-refractivity contribution in [3.05, 3.63) is 24.0 Å². The molecule has 17 heavy (non-hydrogen) atoms. The lowest BCUT2D eigenvalue weighted by atomic mass is 10.3. The molecule has 1 fully saturated rings. The first kappa shape index (κ1) is 12.2. The Labute approximate surface area is 102 Å². The van der Waals surface area contributed by atoms with Gasteiger partial charge in [0.15, 0.2) is 0 Å². The molecule has 4 nitrogen and oxygen atoms in total. The molecule has 1 aromatic rings. The number of hydrogen-bond acceptors (Lipinski definition) is 2. The largest absolute Gasteiger partial charge is 0.352 e. The highest BCUT2D eigenvalue weighted by Gasteiger charge is 2.23. The van der Waals surface area contributed by atoms with Gasteiger partial charge in [0.2, 0.25) is 5.91 Å². The minimum atomic E-state index is 0.120. The minimum absolute atomic E-state index is 0.120. The van der Waals surface area contributed by atoms with Gasteiger partial charge in [-0.05, 0) is 25.0 Å². The first-order chi connectivity index (χ1) is 8.15. The van der Waals surface area contributed by atoms with Crippen molar-refractivity contribution in [1.82, 2.24) is 15.2 Å². The molecule has 0 aromatic carbocycles. The molecule has 0 radical (unpaired) electrons. The smallest absolute Gasteiger partial charge is 0.240 e. The molecule has 0 bridgehead atoms. The van der Waals surface area contributed by atoms with Crippen LogP contribution in [0.3, 0.4) is 0 Å². The highest BCUT2D eigenvalue weighted by molar-refractivity contribution is 5.76. The van der Waals surface area contributed by atoms with Crippen LogP contribution in [0.1, 0.15) is 32.4 Å². The predicted octanol–water partition coefficient (Wildman–Crippen LogP) is 1.26. The second-order valence-corrected chi connectivity index (χ2v) is 5.00. The molecule has 0 atom stereocenters. The fourth-order valence-corrected chi connectivity index (χ4v) is 1.73. The second-order valence-electron chi connectivity index (χ2n) is 5.00. The van der Waals surface area contributed by atoms with Crippen LogP contribution in [-0.2, 0) is 17.9 Å². The van der Waals surface area contributed by atoms with E-state index in [-0.39, 0.29) is 5.91 Å². The van der Waals surface area contributed by atoms with E-state index in [2.05, 4.69) is 30.5 Å². The Balaban J connectivity index is 1.86. The molecule has 1 heterocycles. The van der Waals surface area contributed by atoms with Crippen LogP contribution in [0.15, 0.2) is 18.3 Å². The molecule has 2 rings (SSSR count). The number of carbonyl (C=O) groups excluding carboxylic acids is 1. The van der Waals surface area contributed by atoms with E-state index in [0.717, 1.165) is 25.1 Å². The average molecular weight is 235 g/mol. The lowest BCUT2D eigenvalue weighted by molar-refractivity contribution is -0.121. The molecule has 4 heteroatoms. The molecule has 94 valence electrons. The monoisotopic (exact) mass is 235 g/mol. The van der Waals surface area contributed by atoms with Crippen LogP contribution >= 0.6 is 0 Å². The third kappa shape index (κ3) is 3.89. The minimum Gasteiger partial charge on any atom is -0.352 e. The van der Waals surface area contributed by atoms with Crippen LogP contribution < -0.4 is 10.6 Å². The van der Waals surface area contributed by atoms with E-state index in [1.54, 1.807) is 0 Å². The average Bonchev–Trinajstić information content (AvgIpc) is 2.94. The summed E-state index contributed by atoms with van der Waals surface area (Å²) in [7, 11) is 0. The molecule has 1 aliphatic carbocycles. The molecule has 1 saturated carbocycles. The van der Waals surface area contributed by atoms with Gasteiger partial charge in [-0.15, -0.1) is 0 Å². The first-order valence-corrected chi connectivity index (χ1v) is 6.32. The molecular formula is C13H21N3O. The molecule has 0 saturated heterocycles. The van der Waals surface area contributed by atoms with Crippen LogP contribution in [0.2, 0.25) is 0 Å². The molecule has 2 N–H and O–H groups in total. The summed E-state index contributed by atoms with van der Waals surface area (Å²) in [5.74, 6) is 0.120. The van der Waals surface area contributed by atoms with Crippen molar-refractivity contribution in [2.24, 2.45) is 0 Å². The number of aromatic nitrogens is 1. The van der Waals surface area contributed by atoms with Crippen molar-refractivity contribution >= 4 is 5.91 Å². The zero-order valence-electron chi connectivity index (χ0n) is 10.6. The number of nitrogens with zero attached hydrogens (tertiary/aromatic N) is 1. The predicted molar refractivity (Wildman–Crippen MR) is 67.6 cm³/mol. The van der Waals surface area contributed by atoms with Crippen LogP contribution in [0.25, 0.3) is 0 Å². The number of hydrogen-bond donors (Lipinski definition) is 2. The van der Waals surface area contributed by atoms with Gasteiger partial charge in [-0.25, -0.2) is 0 Å². The van der Waals surface area contributed by atoms with Crippen molar-refractivity contribution in [2.75, 3.05) is 0 Å². The third-order valence-electron chi connectivity index (χ3n) is 2.87. The highest BCUT2D eigenvalue weighted by Crippen LogP contribution is 2.18. The van der Waals surface area contributed by atoms with E-state index >= 15 is 0 Å². The number of rotatable bonds is 6. The Morgan fingerprint density at radius 2 is 2.29 bits per heavy atom. The van der Waals surface area contributed by atoms with E-state index in [9.17, 15) is 4.79 Å².